The van der Waals surface area contributed by atoms with Gasteiger partial charge in [0.1, 0.15) is 0 Å². The van der Waals surface area contributed by atoms with Crippen LogP contribution >= 0.6 is 0 Å². The molecule has 0 N–H and O–H groups in total. The average Bonchev–Trinajstić information content (AvgIpc) is 2.65. The van der Waals surface area contributed by atoms with Gasteiger partial charge in [0.25, 0.3) is 0 Å². The molecular formula is C19H15BF9NOS. The molecule has 0 fully saturated rings. The minimum Gasteiger partial charge on any atom is -0.445 e. The third kappa shape index (κ3) is 8.14. The van der Waals surface area contributed by atoms with Gasteiger partial charge < -0.3 is 12.9 Å². The highest BCUT2D eigenvalue weighted by Crippen LogP contribution is 2.35. The minimum absolute atomic E-state index is 0.0653. The molecule has 0 spiro atoms. The fourth-order valence-electron chi connectivity index (χ4n) is 2.33. The lowest BCUT2D eigenvalue weighted by Gasteiger charge is -2.19. The van der Waals surface area contributed by atoms with Crippen LogP contribution in [0, 0.1) is 11.3 Å². The highest BCUT2D eigenvalue weighted by molar-refractivity contribution is 7.96. The fourth-order valence-corrected chi connectivity index (χ4v) is 3.01. The summed E-state index contributed by atoms with van der Waals surface area (Å²) in [5.74, 6) is 0.592. The standard InChI is InChI=1S/C11H12NOS.C8H3BF9/c1-14(2)8-11(13)10-6-4-3-5-9(10)7-12;10-7(11,12)4-1-5(8(13,14)15)3-6(2-4)9(16,17)18/h3-6H,8H2,1-2H3;1-3H/q+1;-1. The van der Waals surface area contributed by atoms with Gasteiger partial charge in [0.2, 0.25) is 5.78 Å². The van der Waals surface area contributed by atoms with Crippen molar-refractivity contribution in [3.8, 4) is 6.07 Å². The van der Waals surface area contributed by atoms with E-state index in [1.165, 1.54) is 0 Å². The summed E-state index contributed by atoms with van der Waals surface area (Å²) >= 11 is 0. The molecule has 2 aromatic rings. The lowest BCUT2D eigenvalue weighted by Crippen LogP contribution is -2.36. The van der Waals surface area contributed by atoms with Crippen LogP contribution in [0.15, 0.2) is 42.5 Å². The first-order valence-electron chi connectivity index (χ1n) is 8.52. The van der Waals surface area contributed by atoms with E-state index >= 15 is 0 Å². The number of alkyl halides is 6. The van der Waals surface area contributed by atoms with Gasteiger partial charge in [0.15, 0.2) is 5.75 Å². The largest absolute Gasteiger partial charge is 0.509 e. The van der Waals surface area contributed by atoms with Crippen molar-refractivity contribution in [2.45, 2.75) is 12.4 Å². The van der Waals surface area contributed by atoms with Crippen LogP contribution < -0.4 is 5.46 Å². The van der Waals surface area contributed by atoms with E-state index in [1.54, 1.807) is 24.3 Å². The van der Waals surface area contributed by atoms with Crippen molar-refractivity contribution >= 4 is 29.1 Å². The van der Waals surface area contributed by atoms with Crippen molar-refractivity contribution in [1.29, 1.82) is 5.26 Å². The molecule has 0 saturated heterocycles. The summed E-state index contributed by atoms with van der Waals surface area (Å²) in [5.41, 5.74) is -4.87. The first kappa shape index (κ1) is 27.4. The molecule has 2 nitrogen and oxygen atoms in total. The van der Waals surface area contributed by atoms with Crippen molar-refractivity contribution in [2.24, 2.45) is 0 Å². The molecular weight excluding hydrogens is 472 g/mol. The van der Waals surface area contributed by atoms with Crippen LogP contribution in [0.3, 0.4) is 0 Å². The molecule has 0 aromatic heterocycles. The third-order valence-corrected chi connectivity index (χ3v) is 4.60. The second kappa shape index (κ2) is 10.3. The summed E-state index contributed by atoms with van der Waals surface area (Å²) in [7, 11) is 0.0846. The molecule has 2 aromatic carbocycles. The fraction of sp³-hybridized carbons (Fsp3) is 0.263. The zero-order chi connectivity index (χ0) is 24.9. The lowest BCUT2D eigenvalue weighted by molar-refractivity contribution is -0.142. The van der Waals surface area contributed by atoms with E-state index in [0.717, 1.165) is 0 Å². The molecule has 0 heterocycles. The molecule has 0 bridgehead atoms. The maximum absolute atomic E-state index is 12.3. The zero-order valence-corrected chi connectivity index (χ0v) is 17.3. The van der Waals surface area contributed by atoms with Crippen LogP contribution in [-0.2, 0) is 23.2 Å². The number of hydrogen-bond donors (Lipinski definition) is 0. The van der Waals surface area contributed by atoms with Crippen molar-refractivity contribution in [1.82, 2.24) is 0 Å². The zero-order valence-electron chi connectivity index (χ0n) is 16.5. The Bertz CT molecular complexity index is 913. The molecule has 13 heteroatoms. The average molecular weight is 487 g/mol. The second-order valence-corrected chi connectivity index (χ2v) is 8.88. The number of benzene rings is 2. The number of carbonyl (C=O) groups excluding carboxylic acids is 1. The topological polar surface area (TPSA) is 40.9 Å². The first-order chi connectivity index (χ1) is 14.5. The van der Waals surface area contributed by atoms with Crippen LogP contribution in [0.4, 0.5) is 39.3 Å². The summed E-state index contributed by atoms with van der Waals surface area (Å²) in [6.07, 6.45) is -6.52. The van der Waals surface area contributed by atoms with Gasteiger partial charge in [-0.25, -0.2) is 0 Å². The Morgan fingerprint density at radius 1 is 0.938 bits per heavy atom. The minimum atomic E-state index is -5.95. The van der Waals surface area contributed by atoms with E-state index in [1.807, 2.05) is 18.6 Å². The predicted molar refractivity (Wildman–Crippen MR) is 105 cm³/mol. The van der Waals surface area contributed by atoms with E-state index in [4.69, 9.17) is 5.26 Å². The summed E-state index contributed by atoms with van der Waals surface area (Å²) in [5, 5.41) is 8.80. The summed E-state index contributed by atoms with van der Waals surface area (Å²) in [4.78, 5) is 11.7. The van der Waals surface area contributed by atoms with Gasteiger partial charge in [-0.05, 0) is 29.1 Å². The number of nitrogens with zero attached hydrogens (tertiary/aromatic N) is 1. The molecule has 0 saturated carbocycles. The van der Waals surface area contributed by atoms with Gasteiger partial charge in [0, 0.05) is 5.56 Å². The molecule has 0 aliphatic heterocycles. The van der Waals surface area contributed by atoms with Crippen molar-refractivity contribution in [3.63, 3.8) is 0 Å². The number of carbonyl (C=O) groups is 1. The van der Waals surface area contributed by atoms with Crippen LogP contribution in [0.2, 0.25) is 0 Å². The summed E-state index contributed by atoms with van der Waals surface area (Å²) in [6, 6.07) is 7.95. The van der Waals surface area contributed by atoms with Crippen molar-refractivity contribution < 1.29 is 44.1 Å². The third-order valence-electron chi connectivity index (χ3n) is 3.76. The second-order valence-electron chi connectivity index (χ2n) is 6.62. The van der Waals surface area contributed by atoms with Gasteiger partial charge in [0.05, 0.1) is 35.3 Å². The van der Waals surface area contributed by atoms with Crippen LogP contribution in [0.1, 0.15) is 27.0 Å². The van der Waals surface area contributed by atoms with Crippen LogP contribution in [0.5, 0.6) is 0 Å². The van der Waals surface area contributed by atoms with Gasteiger partial charge >= 0.3 is 19.3 Å². The van der Waals surface area contributed by atoms with E-state index in [0.29, 0.717) is 16.9 Å². The molecule has 2 rings (SSSR count). The molecule has 0 unspecified atom stereocenters. The van der Waals surface area contributed by atoms with Gasteiger partial charge in [-0.2, -0.15) is 31.6 Å². The quantitative estimate of drug-likeness (QED) is 0.251. The number of hydrogen-bond acceptors (Lipinski definition) is 2. The Morgan fingerprint density at radius 3 is 1.78 bits per heavy atom. The van der Waals surface area contributed by atoms with Gasteiger partial charge in [-0.1, -0.05) is 24.3 Å². The Hall–Kier alpha value is -2.62. The van der Waals surface area contributed by atoms with Crippen molar-refractivity contribution in [3.05, 3.63) is 64.7 Å². The van der Waals surface area contributed by atoms with E-state index in [-0.39, 0.29) is 34.9 Å². The Morgan fingerprint density at radius 2 is 1.41 bits per heavy atom. The maximum Gasteiger partial charge on any atom is 0.509 e. The normalized spacial score (nSPS) is 12.1. The van der Waals surface area contributed by atoms with Crippen molar-refractivity contribution in [2.75, 3.05) is 18.3 Å². The molecule has 0 aliphatic rings. The molecule has 0 atom stereocenters. The predicted octanol–water partition coefficient (Wildman–Crippen LogP) is 5.40. The van der Waals surface area contributed by atoms with Crippen LogP contribution in [0.25, 0.3) is 0 Å². The number of nitriles is 1. The molecule has 0 radical (unpaired) electrons. The Labute approximate surface area is 180 Å². The monoisotopic (exact) mass is 487 g/mol. The van der Waals surface area contributed by atoms with E-state index in [9.17, 15) is 44.1 Å². The van der Waals surface area contributed by atoms with Gasteiger partial charge in [-0.15, -0.1) is 5.46 Å². The number of halogens is 9. The highest BCUT2D eigenvalue weighted by Gasteiger charge is 2.39. The number of rotatable bonds is 4. The van der Waals surface area contributed by atoms with E-state index in [2.05, 4.69) is 0 Å². The van der Waals surface area contributed by atoms with Crippen LogP contribution in [-0.4, -0.2) is 31.0 Å². The number of ketones is 1. The highest BCUT2D eigenvalue weighted by atomic mass is 32.2. The first-order valence-corrected chi connectivity index (χ1v) is 10.7. The lowest BCUT2D eigenvalue weighted by atomic mass is 9.78. The Balaban J connectivity index is 0.000000330. The van der Waals surface area contributed by atoms with Gasteiger partial charge in [-0.3, -0.25) is 4.79 Å². The molecule has 174 valence electrons. The molecule has 32 heavy (non-hydrogen) atoms. The summed E-state index contributed by atoms with van der Waals surface area (Å²) in [6.45, 7) is -5.95. The Kier molecular flexibility index (Phi) is 8.86. The smallest absolute Gasteiger partial charge is 0.445 e. The number of Topliss-reactive ketones (excluding diaryl/α,β-unsaturated/α-hetero) is 1. The molecule has 0 amide bonds. The molecule has 0 aliphatic carbocycles. The SMILES string of the molecule is C[S+](C)CC(=O)c1ccccc1C#N.F[B-](F)(F)c1cc(C(F)(F)F)cc(C(F)(F)F)c1. The van der Waals surface area contributed by atoms with E-state index < -0.39 is 35.9 Å². The maximum atomic E-state index is 12.3. The summed E-state index contributed by atoms with van der Waals surface area (Å²) < 4.78 is 110.